The van der Waals surface area contributed by atoms with Gasteiger partial charge in [-0.25, -0.2) is 8.42 Å². The first kappa shape index (κ1) is 21.0. The molecular weight excluding hydrogens is 420 g/mol. The molecule has 0 saturated carbocycles. The summed E-state index contributed by atoms with van der Waals surface area (Å²) in [6.45, 7) is 0.729. The van der Waals surface area contributed by atoms with Crippen molar-refractivity contribution in [1.82, 2.24) is 9.62 Å². The summed E-state index contributed by atoms with van der Waals surface area (Å²) in [5, 5.41) is 6.43. The summed E-state index contributed by atoms with van der Waals surface area (Å²) in [4.78, 5) is 25.2. The zero-order chi connectivity index (χ0) is 20.0. The Bertz CT molecular complexity index is 870. The van der Waals surface area contributed by atoms with Crippen LogP contribution in [-0.4, -0.2) is 50.8 Å². The fraction of sp³-hybridized carbons (Fsp3) is 0.444. The van der Waals surface area contributed by atoms with Crippen molar-refractivity contribution in [3.8, 4) is 0 Å². The predicted octanol–water partition coefficient (Wildman–Crippen LogP) is 2.11. The van der Waals surface area contributed by atoms with E-state index in [4.69, 9.17) is 4.74 Å². The first-order valence-electron chi connectivity index (χ1n) is 8.96. The van der Waals surface area contributed by atoms with Gasteiger partial charge in [0.25, 0.3) is 15.9 Å². The Morgan fingerprint density at radius 1 is 1.14 bits per heavy atom. The van der Waals surface area contributed by atoms with Gasteiger partial charge in [0.05, 0.1) is 5.92 Å². The minimum absolute atomic E-state index is 0.271. The van der Waals surface area contributed by atoms with E-state index in [1.165, 1.54) is 20.5 Å². The first-order valence-corrected chi connectivity index (χ1v) is 12.2. The smallest absolute Gasteiger partial charge is 0.309 e. The summed E-state index contributed by atoms with van der Waals surface area (Å²) in [5.41, 5.74) is 0. The molecule has 28 heavy (non-hydrogen) atoms. The van der Waals surface area contributed by atoms with Gasteiger partial charge < -0.3 is 10.1 Å². The maximum Gasteiger partial charge on any atom is 0.309 e. The molecule has 3 rings (SSSR count). The number of ether oxygens (including phenoxy) is 1. The molecule has 0 aliphatic carbocycles. The number of carbonyl (C=O) groups excluding carboxylic acids is 2. The highest BCUT2D eigenvalue weighted by atomic mass is 32.2. The molecule has 1 fully saturated rings. The van der Waals surface area contributed by atoms with Crippen LogP contribution in [0, 0.1) is 5.92 Å². The molecule has 3 heterocycles. The molecule has 0 spiro atoms. The minimum Gasteiger partial charge on any atom is -0.455 e. The van der Waals surface area contributed by atoms with Crippen LogP contribution in [0.15, 0.2) is 39.2 Å². The molecule has 2 aromatic heterocycles. The van der Waals surface area contributed by atoms with Crippen molar-refractivity contribution in [3.05, 3.63) is 39.9 Å². The lowest BCUT2D eigenvalue weighted by Gasteiger charge is -2.29. The molecule has 1 saturated heterocycles. The van der Waals surface area contributed by atoms with Crippen molar-refractivity contribution in [2.45, 2.75) is 23.5 Å². The Balaban J connectivity index is 1.37. The third-order valence-corrected chi connectivity index (χ3v) is 8.70. The zero-order valence-electron chi connectivity index (χ0n) is 15.2. The van der Waals surface area contributed by atoms with Gasteiger partial charge in [-0.05, 0) is 42.2 Å². The van der Waals surface area contributed by atoms with Crippen molar-refractivity contribution in [1.29, 1.82) is 0 Å². The third kappa shape index (κ3) is 5.40. The molecule has 0 radical (unpaired) electrons. The van der Waals surface area contributed by atoms with Gasteiger partial charge in [-0.1, -0.05) is 12.1 Å². The van der Waals surface area contributed by atoms with E-state index >= 15 is 0 Å². The van der Waals surface area contributed by atoms with Gasteiger partial charge in [0.2, 0.25) is 0 Å². The second kappa shape index (κ2) is 9.64. The van der Waals surface area contributed by atoms with E-state index in [0.29, 0.717) is 23.6 Å². The fourth-order valence-corrected chi connectivity index (χ4v) is 6.28. The number of carbonyl (C=O) groups is 2. The second-order valence-electron chi connectivity index (χ2n) is 6.40. The molecule has 7 nitrogen and oxygen atoms in total. The topological polar surface area (TPSA) is 92.8 Å². The van der Waals surface area contributed by atoms with E-state index in [9.17, 15) is 18.0 Å². The second-order valence-corrected chi connectivity index (χ2v) is 10.5. The number of esters is 1. The number of rotatable bonds is 8. The van der Waals surface area contributed by atoms with Crippen LogP contribution in [0.1, 0.15) is 17.7 Å². The number of amides is 1. The average Bonchev–Trinajstić information content (AvgIpc) is 3.40. The molecule has 0 unspecified atom stereocenters. The van der Waals surface area contributed by atoms with Crippen molar-refractivity contribution < 1.29 is 22.7 Å². The Kier molecular flexibility index (Phi) is 7.22. The van der Waals surface area contributed by atoms with E-state index in [1.807, 2.05) is 17.5 Å². The molecule has 1 amide bonds. The number of hydrogen-bond donors (Lipinski definition) is 1. The van der Waals surface area contributed by atoms with E-state index in [-0.39, 0.29) is 31.5 Å². The quantitative estimate of drug-likeness (QED) is 0.632. The number of nitrogens with zero attached hydrogens (tertiary/aromatic N) is 1. The molecule has 1 N–H and O–H groups in total. The summed E-state index contributed by atoms with van der Waals surface area (Å²) in [6.07, 6.45) is 1.53. The van der Waals surface area contributed by atoms with Gasteiger partial charge in [0.15, 0.2) is 6.61 Å². The van der Waals surface area contributed by atoms with Crippen molar-refractivity contribution in [2.75, 3.05) is 26.2 Å². The SMILES string of the molecule is O=C(COC(=O)C1CCN(S(=O)(=O)c2cccs2)CC1)NCCc1cccs1. The average molecular weight is 443 g/mol. The number of piperidine rings is 1. The summed E-state index contributed by atoms with van der Waals surface area (Å²) in [5.74, 6) is -1.15. The molecule has 0 atom stereocenters. The fourth-order valence-electron chi connectivity index (χ4n) is 2.95. The highest BCUT2D eigenvalue weighted by molar-refractivity contribution is 7.91. The van der Waals surface area contributed by atoms with Crippen LogP contribution in [-0.2, 0) is 30.8 Å². The van der Waals surface area contributed by atoms with Crippen molar-refractivity contribution in [2.24, 2.45) is 5.92 Å². The highest BCUT2D eigenvalue weighted by Crippen LogP contribution is 2.26. The summed E-state index contributed by atoms with van der Waals surface area (Å²) >= 11 is 2.81. The molecule has 0 bridgehead atoms. The van der Waals surface area contributed by atoms with Gasteiger partial charge in [-0.2, -0.15) is 4.31 Å². The normalized spacial score (nSPS) is 16.0. The summed E-state index contributed by atoms with van der Waals surface area (Å²) < 4.78 is 31.8. The number of sulfonamides is 1. The molecule has 152 valence electrons. The van der Waals surface area contributed by atoms with Gasteiger partial charge >= 0.3 is 5.97 Å². The van der Waals surface area contributed by atoms with Crippen LogP contribution in [0.25, 0.3) is 0 Å². The van der Waals surface area contributed by atoms with Gasteiger partial charge in [0, 0.05) is 24.5 Å². The molecular formula is C18H22N2O5S3. The Morgan fingerprint density at radius 3 is 2.50 bits per heavy atom. The monoisotopic (exact) mass is 442 g/mol. The highest BCUT2D eigenvalue weighted by Gasteiger charge is 2.33. The van der Waals surface area contributed by atoms with Gasteiger partial charge in [0.1, 0.15) is 4.21 Å². The Hall–Kier alpha value is -1.75. The molecule has 10 heteroatoms. The zero-order valence-corrected chi connectivity index (χ0v) is 17.7. The number of nitrogens with one attached hydrogen (secondary N) is 1. The van der Waals surface area contributed by atoms with Crippen LogP contribution in [0.5, 0.6) is 0 Å². The van der Waals surface area contributed by atoms with E-state index < -0.39 is 16.0 Å². The van der Waals surface area contributed by atoms with Crippen molar-refractivity contribution >= 4 is 44.6 Å². The predicted molar refractivity (Wildman–Crippen MR) is 108 cm³/mol. The van der Waals surface area contributed by atoms with E-state index in [0.717, 1.165) is 6.42 Å². The lowest BCUT2D eigenvalue weighted by atomic mass is 9.98. The van der Waals surface area contributed by atoms with Crippen LogP contribution in [0.2, 0.25) is 0 Å². The van der Waals surface area contributed by atoms with Crippen LogP contribution < -0.4 is 5.32 Å². The number of hydrogen-bond acceptors (Lipinski definition) is 7. The van der Waals surface area contributed by atoms with Gasteiger partial charge in [-0.15, -0.1) is 22.7 Å². The molecule has 1 aliphatic heterocycles. The van der Waals surface area contributed by atoms with Gasteiger partial charge in [-0.3, -0.25) is 9.59 Å². The Labute approximate surface area is 172 Å². The largest absolute Gasteiger partial charge is 0.455 e. The minimum atomic E-state index is -3.49. The summed E-state index contributed by atoms with van der Waals surface area (Å²) in [6, 6.07) is 7.24. The molecule has 1 aliphatic rings. The van der Waals surface area contributed by atoms with E-state index in [1.54, 1.807) is 28.8 Å². The van der Waals surface area contributed by atoms with Crippen molar-refractivity contribution in [3.63, 3.8) is 0 Å². The summed E-state index contributed by atoms with van der Waals surface area (Å²) in [7, 11) is -3.49. The third-order valence-electron chi connectivity index (χ3n) is 4.50. The van der Waals surface area contributed by atoms with Crippen LogP contribution in [0.4, 0.5) is 0 Å². The number of thiophene rings is 2. The maximum absolute atomic E-state index is 12.5. The standard InChI is InChI=1S/C18H22N2O5S3/c21-16(19-8-5-15-3-1-11-26-15)13-25-18(22)14-6-9-20(10-7-14)28(23,24)17-4-2-12-27-17/h1-4,11-12,14H,5-10,13H2,(H,19,21). The maximum atomic E-state index is 12.5. The first-order chi connectivity index (χ1) is 13.5. The molecule has 2 aromatic rings. The molecule has 0 aromatic carbocycles. The van der Waals surface area contributed by atoms with Crippen LogP contribution >= 0.6 is 22.7 Å². The van der Waals surface area contributed by atoms with E-state index in [2.05, 4.69) is 5.32 Å². The van der Waals surface area contributed by atoms with Crippen LogP contribution in [0.3, 0.4) is 0 Å². The lowest BCUT2D eigenvalue weighted by molar-refractivity contribution is -0.153. The Morgan fingerprint density at radius 2 is 1.86 bits per heavy atom. The lowest BCUT2D eigenvalue weighted by Crippen LogP contribution is -2.41.